The summed E-state index contributed by atoms with van der Waals surface area (Å²) in [5, 5.41) is 9.18. The van der Waals surface area contributed by atoms with Crippen molar-refractivity contribution in [1.82, 2.24) is 0 Å². The van der Waals surface area contributed by atoms with E-state index in [9.17, 15) is 9.90 Å². The highest BCUT2D eigenvalue weighted by Gasteiger charge is 2.52. The Kier molecular flexibility index (Phi) is 2.06. The van der Waals surface area contributed by atoms with E-state index < -0.39 is 11.5 Å². The summed E-state index contributed by atoms with van der Waals surface area (Å²) in [7, 11) is 0. The number of nitrogens with two attached hydrogens (primary N) is 1. The largest absolute Gasteiger partial charge is 0.480 e. The van der Waals surface area contributed by atoms with Crippen LogP contribution in [-0.4, -0.2) is 16.6 Å². The van der Waals surface area contributed by atoms with Crippen LogP contribution >= 0.6 is 0 Å². The molecule has 2 fully saturated rings. The molecule has 3 nitrogen and oxygen atoms in total. The van der Waals surface area contributed by atoms with Crippen molar-refractivity contribution >= 4 is 5.97 Å². The van der Waals surface area contributed by atoms with Crippen LogP contribution in [0.3, 0.4) is 0 Å². The monoisotopic (exact) mass is 183 g/mol. The SMILES string of the molecule is NC(C(=O)O)(C1CCC1)C1CCC1. The number of carboxylic acids is 1. The van der Waals surface area contributed by atoms with Crippen molar-refractivity contribution in [1.29, 1.82) is 0 Å². The van der Waals surface area contributed by atoms with Crippen LogP contribution < -0.4 is 5.73 Å². The summed E-state index contributed by atoms with van der Waals surface area (Å²) in [6.45, 7) is 0. The molecule has 0 heterocycles. The molecule has 0 aliphatic heterocycles. The summed E-state index contributed by atoms with van der Waals surface area (Å²) < 4.78 is 0. The Morgan fingerprint density at radius 2 is 1.54 bits per heavy atom. The van der Waals surface area contributed by atoms with E-state index in [1.54, 1.807) is 0 Å². The summed E-state index contributed by atoms with van der Waals surface area (Å²) in [6, 6.07) is 0. The van der Waals surface area contributed by atoms with Crippen molar-refractivity contribution < 1.29 is 9.90 Å². The smallest absolute Gasteiger partial charge is 0.324 e. The highest BCUT2D eigenvalue weighted by molar-refractivity contribution is 5.79. The minimum atomic E-state index is -0.892. The summed E-state index contributed by atoms with van der Waals surface area (Å²) in [6.07, 6.45) is 6.37. The van der Waals surface area contributed by atoms with Gasteiger partial charge in [-0.3, -0.25) is 4.79 Å². The first-order chi connectivity index (χ1) is 6.15. The first-order valence-corrected chi connectivity index (χ1v) is 5.18. The number of carbonyl (C=O) groups is 1. The first kappa shape index (κ1) is 9.00. The fraction of sp³-hybridized carbons (Fsp3) is 0.900. The molecule has 2 saturated carbocycles. The minimum absolute atomic E-state index is 0.246. The fourth-order valence-electron chi connectivity index (χ4n) is 2.45. The first-order valence-electron chi connectivity index (χ1n) is 5.18. The van der Waals surface area contributed by atoms with Crippen LogP contribution in [0.1, 0.15) is 38.5 Å². The Balaban J connectivity index is 2.12. The molecule has 0 amide bonds. The van der Waals surface area contributed by atoms with Gasteiger partial charge in [-0.1, -0.05) is 12.8 Å². The quantitative estimate of drug-likeness (QED) is 0.694. The van der Waals surface area contributed by atoms with E-state index in [1.165, 1.54) is 0 Å². The molecule has 3 N–H and O–H groups in total. The number of hydrogen-bond donors (Lipinski definition) is 2. The molecule has 3 heteroatoms. The lowest BCUT2D eigenvalue weighted by molar-refractivity contribution is -0.152. The molecule has 0 bridgehead atoms. The van der Waals surface area contributed by atoms with Crippen LogP contribution in [-0.2, 0) is 4.79 Å². The summed E-state index contributed by atoms with van der Waals surface area (Å²) in [5.74, 6) is -0.285. The van der Waals surface area contributed by atoms with Gasteiger partial charge < -0.3 is 10.8 Å². The van der Waals surface area contributed by atoms with E-state index >= 15 is 0 Å². The second kappa shape index (κ2) is 2.98. The summed E-state index contributed by atoms with van der Waals surface area (Å²) in [4.78, 5) is 11.2. The highest BCUT2D eigenvalue weighted by atomic mass is 16.4. The van der Waals surface area contributed by atoms with Gasteiger partial charge in [-0.2, -0.15) is 0 Å². The van der Waals surface area contributed by atoms with Gasteiger partial charge in [0.15, 0.2) is 0 Å². The molecule has 0 saturated heterocycles. The standard InChI is InChI=1S/C10H17NO2/c11-10(9(12)13,7-3-1-4-7)8-5-2-6-8/h7-8H,1-6,11H2,(H,12,13). The van der Waals surface area contributed by atoms with Crippen LogP contribution in [0.15, 0.2) is 0 Å². The molecular weight excluding hydrogens is 166 g/mol. The molecular formula is C10H17NO2. The molecule has 0 atom stereocenters. The Bertz CT molecular complexity index is 205. The van der Waals surface area contributed by atoms with E-state index in [4.69, 9.17) is 5.73 Å². The van der Waals surface area contributed by atoms with Crippen LogP contribution in [0.4, 0.5) is 0 Å². The van der Waals surface area contributed by atoms with Gasteiger partial charge in [0, 0.05) is 0 Å². The fourth-order valence-corrected chi connectivity index (χ4v) is 2.45. The number of aliphatic carboxylic acids is 1. The number of hydrogen-bond acceptors (Lipinski definition) is 2. The van der Waals surface area contributed by atoms with Gasteiger partial charge in [-0.05, 0) is 37.5 Å². The third kappa shape index (κ3) is 1.17. The molecule has 13 heavy (non-hydrogen) atoms. The van der Waals surface area contributed by atoms with Gasteiger partial charge in [-0.25, -0.2) is 0 Å². The van der Waals surface area contributed by atoms with Crippen LogP contribution in [0.25, 0.3) is 0 Å². The van der Waals surface area contributed by atoms with Gasteiger partial charge in [0.1, 0.15) is 5.54 Å². The zero-order valence-electron chi connectivity index (χ0n) is 7.83. The molecule has 0 aromatic carbocycles. The van der Waals surface area contributed by atoms with Gasteiger partial charge in [0.05, 0.1) is 0 Å². The molecule has 0 radical (unpaired) electrons. The third-order valence-corrected chi connectivity index (χ3v) is 3.93. The van der Waals surface area contributed by atoms with Gasteiger partial charge in [0.2, 0.25) is 0 Å². The number of carboxylic acid groups (broad SMARTS) is 1. The lowest BCUT2D eigenvalue weighted by Crippen LogP contribution is -2.62. The molecule has 2 aliphatic rings. The molecule has 2 aliphatic carbocycles. The predicted octanol–water partition coefficient (Wildman–Crippen LogP) is 1.37. The summed E-state index contributed by atoms with van der Waals surface area (Å²) >= 11 is 0. The van der Waals surface area contributed by atoms with E-state index in [1.807, 2.05) is 0 Å². The van der Waals surface area contributed by atoms with Crippen LogP contribution in [0.2, 0.25) is 0 Å². The van der Waals surface area contributed by atoms with Crippen LogP contribution in [0.5, 0.6) is 0 Å². The van der Waals surface area contributed by atoms with Crippen molar-refractivity contribution in [2.45, 2.75) is 44.1 Å². The normalized spacial score (nSPS) is 25.0. The van der Waals surface area contributed by atoms with Crippen LogP contribution in [0, 0.1) is 11.8 Å². The topological polar surface area (TPSA) is 63.3 Å². The molecule has 0 aromatic rings. The van der Waals surface area contributed by atoms with Gasteiger partial charge >= 0.3 is 5.97 Å². The Labute approximate surface area is 78.3 Å². The summed E-state index contributed by atoms with van der Waals surface area (Å²) in [5.41, 5.74) is 5.16. The van der Waals surface area contributed by atoms with E-state index in [0.29, 0.717) is 0 Å². The van der Waals surface area contributed by atoms with Crippen molar-refractivity contribution in [3.8, 4) is 0 Å². The molecule has 0 spiro atoms. The molecule has 0 unspecified atom stereocenters. The van der Waals surface area contributed by atoms with Crippen molar-refractivity contribution in [2.75, 3.05) is 0 Å². The molecule has 0 aromatic heterocycles. The lowest BCUT2D eigenvalue weighted by Gasteiger charge is -2.47. The van der Waals surface area contributed by atoms with Crippen molar-refractivity contribution in [2.24, 2.45) is 17.6 Å². The maximum absolute atomic E-state index is 11.2. The van der Waals surface area contributed by atoms with Gasteiger partial charge in [0.25, 0.3) is 0 Å². The minimum Gasteiger partial charge on any atom is -0.480 e. The third-order valence-electron chi connectivity index (χ3n) is 3.93. The van der Waals surface area contributed by atoms with Crippen molar-refractivity contribution in [3.63, 3.8) is 0 Å². The zero-order valence-corrected chi connectivity index (χ0v) is 7.83. The zero-order chi connectivity index (χ0) is 9.47. The van der Waals surface area contributed by atoms with Crippen molar-refractivity contribution in [3.05, 3.63) is 0 Å². The number of rotatable bonds is 3. The Morgan fingerprint density at radius 3 is 1.69 bits per heavy atom. The van der Waals surface area contributed by atoms with E-state index in [2.05, 4.69) is 0 Å². The average molecular weight is 183 g/mol. The maximum atomic E-state index is 11.2. The average Bonchev–Trinajstić information content (AvgIpc) is 1.77. The molecule has 2 rings (SSSR count). The molecule has 74 valence electrons. The second-order valence-electron chi connectivity index (χ2n) is 4.49. The van der Waals surface area contributed by atoms with Gasteiger partial charge in [-0.15, -0.1) is 0 Å². The maximum Gasteiger partial charge on any atom is 0.324 e. The second-order valence-corrected chi connectivity index (χ2v) is 4.49. The van der Waals surface area contributed by atoms with E-state index in [-0.39, 0.29) is 11.8 Å². The predicted molar refractivity (Wildman–Crippen MR) is 49.2 cm³/mol. The lowest BCUT2D eigenvalue weighted by atomic mass is 9.60. The van der Waals surface area contributed by atoms with E-state index in [0.717, 1.165) is 38.5 Å². The Hall–Kier alpha value is -0.570. The Morgan fingerprint density at radius 1 is 1.15 bits per heavy atom. The highest BCUT2D eigenvalue weighted by Crippen LogP contribution is 2.45.